The number of aromatic nitrogens is 2. The highest BCUT2D eigenvalue weighted by Crippen LogP contribution is 2.28. The molecule has 0 saturated carbocycles. The van der Waals surface area contributed by atoms with Gasteiger partial charge in [-0.2, -0.15) is 4.99 Å². The van der Waals surface area contributed by atoms with Crippen molar-refractivity contribution >= 4 is 43.9 Å². The lowest BCUT2D eigenvalue weighted by molar-refractivity contribution is 1.32. The van der Waals surface area contributed by atoms with Crippen LogP contribution in [-0.2, 0) is 0 Å². The number of aryl methyl sites for hydroxylation is 1. The van der Waals surface area contributed by atoms with Gasteiger partial charge in [0.05, 0.1) is 15.9 Å². The number of benzene rings is 2. The topological polar surface area (TPSA) is 64.2 Å². The smallest absolute Gasteiger partial charge is 0.211 e. The van der Waals surface area contributed by atoms with E-state index in [2.05, 4.69) is 46.1 Å². The SMILES string of the molecule is Cc1ccc(-c2csc(/N=C(\N)c3nc4ccccc4s3)n2)cc1. The van der Waals surface area contributed by atoms with Crippen molar-refractivity contribution in [2.24, 2.45) is 10.7 Å². The molecular formula is C18H14N4S2. The van der Waals surface area contributed by atoms with Crippen LogP contribution in [0.3, 0.4) is 0 Å². The summed E-state index contributed by atoms with van der Waals surface area (Å²) in [5, 5.41) is 3.36. The summed E-state index contributed by atoms with van der Waals surface area (Å²) in [5.41, 5.74) is 10.3. The van der Waals surface area contributed by atoms with Crippen LogP contribution in [0.1, 0.15) is 10.6 Å². The molecule has 4 nitrogen and oxygen atoms in total. The quantitative estimate of drug-likeness (QED) is 0.428. The number of thiazole rings is 2. The van der Waals surface area contributed by atoms with Crippen LogP contribution in [0.5, 0.6) is 0 Å². The van der Waals surface area contributed by atoms with Crippen molar-refractivity contribution in [3.8, 4) is 11.3 Å². The third kappa shape index (κ3) is 2.93. The summed E-state index contributed by atoms with van der Waals surface area (Å²) in [4.78, 5) is 13.5. The monoisotopic (exact) mass is 350 g/mol. The summed E-state index contributed by atoms with van der Waals surface area (Å²) >= 11 is 3.02. The minimum Gasteiger partial charge on any atom is -0.381 e. The van der Waals surface area contributed by atoms with Crippen molar-refractivity contribution in [1.82, 2.24) is 9.97 Å². The van der Waals surface area contributed by atoms with Crippen molar-refractivity contribution < 1.29 is 0 Å². The van der Waals surface area contributed by atoms with Crippen LogP contribution < -0.4 is 5.73 Å². The molecule has 2 N–H and O–H groups in total. The van der Waals surface area contributed by atoms with Crippen LogP contribution in [-0.4, -0.2) is 15.8 Å². The number of aliphatic imine (C=N–C) groups is 1. The predicted octanol–water partition coefficient (Wildman–Crippen LogP) is 4.77. The Labute approximate surface area is 147 Å². The molecule has 0 fully saturated rings. The van der Waals surface area contributed by atoms with Crippen LogP contribution in [0.15, 0.2) is 58.9 Å². The lowest BCUT2D eigenvalue weighted by Crippen LogP contribution is -2.12. The fraction of sp³-hybridized carbons (Fsp3) is 0.0556. The summed E-state index contributed by atoms with van der Waals surface area (Å²) < 4.78 is 1.10. The Balaban J connectivity index is 1.64. The molecule has 0 aliphatic rings. The van der Waals surface area contributed by atoms with Crippen molar-refractivity contribution in [2.75, 3.05) is 0 Å². The predicted molar refractivity (Wildman–Crippen MR) is 102 cm³/mol. The molecule has 0 unspecified atom stereocenters. The first kappa shape index (κ1) is 15.0. The van der Waals surface area contributed by atoms with Crippen molar-refractivity contribution in [1.29, 1.82) is 0 Å². The fourth-order valence-electron chi connectivity index (χ4n) is 2.31. The van der Waals surface area contributed by atoms with Crippen molar-refractivity contribution in [2.45, 2.75) is 6.92 Å². The van der Waals surface area contributed by atoms with E-state index in [1.54, 1.807) is 0 Å². The fourth-order valence-corrected chi connectivity index (χ4v) is 3.88. The number of nitrogens with zero attached hydrogens (tertiary/aromatic N) is 3. The van der Waals surface area contributed by atoms with Crippen molar-refractivity contribution in [3.63, 3.8) is 0 Å². The standard InChI is InChI=1S/C18H14N4S2/c1-11-6-8-12(9-7-11)14-10-23-18(21-14)22-16(19)17-20-13-4-2-3-5-15(13)24-17/h2-10H,1H3,(H2,19,21,22). The van der Waals surface area contributed by atoms with Gasteiger partial charge in [-0.25, -0.2) is 9.97 Å². The number of hydrogen-bond acceptors (Lipinski definition) is 5. The van der Waals surface area contributed by atoms with E-state index in [9.17, 15) is 0 Å². The van der Waals surface area contributed by atoms with Gasteiger partial charge in [0.15, 0.2) is 10.8 Å². The number of fused-ring (bicyclic) bond motifs is 1. The Morgan fingerprint density at radius 2 is 1.83 bits per heavy atom. The average Bonchev–Trinajstić information content (AvgIpc) is 3.22. The van der Waals surface area contributed by atoms with E-state index >= 15 is 0 Å². The molecule has 4 rings (SSSR count). The van der Waals surface area contributed by atoms with Gasteiger partial charge in [-0.05, 0) is 19.1 Å². The maximum absolute atomic E-state index is 6.12. The van der Waals surface area contributed by atoms with E-state index in [4.69, 9.17) is 5.73 Å². The summed E-state index contributed by atoms with van der Waals surface area (Å²) in [5.74, 6) is 0.404. The Hall–Kier alpha value is -2.57. The van der Waals surface area contributed by atoms with Crippen LogP contribution in [0.2, 0.25) is 0 Å². The van der Waals surface area contributed by atoms with E-state index in [-0.39, 0.29) is 0 Å². The number of para-hydroxylation sites is 1. The van der Waals surface area contributed by atoms with Crippen molar-refractivity contribution in [3.05, 3.63) is 64.5 Å². The number of rotatable bonds is 3. The molecule has 24 heavy (non-hydrogen) atoms. The van der Waals surface area contributed by atoms with E-state index in [0.29, 0.717) is 11.0 Å². The summed E-state index contributed by atoms with van der Waals surface area (Å²) in [6.07, 6.45) is 0. The number of hydrogen-bond donors (Lipinski definition) is 1. The zero-order valence-electron chi connectivity index (χ0n) is 12.9. The zero-order chi connectivity index (χ0) is 16.5. The van der Waals surface area contributed by atoms with Crippen LogP contribution in [0, 0.1) is 6.92 Å². The molecule has 118 valence electrons. The molecule has 0 amide bonds. The highest BCUT2D eigenvalue weighted by molar-refractivity contribution is 7.20. The molecule has 0 bridgehead atoms. The molecule has 0 aliphatic heterocycles. The van der Waals surface area contributed by atoms with Gasteiger partial charge in [0, 0.05) is 10.9 Å². The molecule has 0 radical (unpaired) electrons. The largest absolute Gasteiger partial charge is 0.381 e. The lowest BCUT2D eigenvalue weighted by Gasteiger charge is -1.96. The van der Waals surface area contributed by atoms with Crippen LogP contribution in [0.25, 0.3) is 21.5 Å². The number of amidine groups is 1. The van der Waals surface area contributed by atoms with E-state index in [0.717, 1.165) is 26.5 Å². The van der Waals surface area contributed by atoms with Gasteiger partial charge in [0.1, 0.15) is 0 Å². The minimum absolute atomic E-state index is 0.404. The Bertz CT molecular complexity index is 996. The first-order valence-electron chi connectivity index (χ1n) is 7.42. The summed E-state index contributed by atoms with van der Waals surface area (Å²) in [6.45, 7) is 2.07. The molecule has 2 heterocycles. The second-order valence-electron chi connectivity index (χ2n) is 5.37. The Morgan fingerprint density at radius 3 is 2.62 bits per heavy atom. The van der Waals surface area contributed by atoms with E-state index in [1.165, 1.54) is 28.2 Å². The number of nitrogens with two attached hydrogens (primary N) is 1. The van der Waals surface area contributed by atoms with Gasteiger partial charge >= 0.3 is 0 Å². The van der Waals surface area contributed by atoms with Gasteiger partial charge in [0.25, 0.3) is 0 Å². The average molecular weight is 350 g/mol. The first-order chi connectivity index (χ1) is 11.7. The molecule has 2 aromatic carbocycles. The first-order valence-corrected chi connectivity index (χ1v) is 9.11. The summed E-state index contributed by atoms with van der Waals surface area (Å²) in [7, 11) is 0. The molecule has 0 spiro atoms. The van der Waals surface area contributed by atoms with E-state index < -0.39 is 0 Å². The van der Waals surface area contributed by atoms with Crippen LogP contribution >= 0.6 is 22.7 Å². The minimum atomic E-state index is 0.404. The normalized spacial score (nSPS) is 12.0. The van der Waals surface area contributed by atoms with Gasteiger partial charge in [-0.3, -0.25) is 0 Å². The molecule has 0 aliphatic carbocycles. The molecule has 0 saturated heterocycles. The Morgan fingerprint density at radius 1 is 1.04 bits per heavy atom. The van der Waals surface area contributed by atoms with E-state index in [1.807, 2.05) is 29.6 Å². The van der Waals surface area contributed by atoms with Gasteiger partial charge in [-0.15, -0.1) is 22.7 Å². The third-order valence-electron chi connectivity index (χ3n) is 3.57. The zero-order valence-corrected chi connectivity index (χ0v) is 14.6. The lowest BCUT2D eigenvalue weighted by atomic mass is 10.1. The third-order valence-corrected chi connectivity index (χ3v) is 5.36. The molecule has 2 aromatic heterocycles. The summed E-state index contributed by atoms with van der Waals surface area (Å²) in [6, 6.07) is 16.2. The Kier molecular flexibility index (Phi) is 3.84. The molecule has 0 atom stereocenters. The maximum atomic E-state index is 6.12. The second kappa shape index (κ2) is 6.14. The van der Waals surface area contributed by atoms with Gasteiger partial charge in [-0.1, -0.05) is 42.0 Å². The van der Waals surface area contributed by atoms with Crippen LogP contribution in [0.4, 0.5) is 5.13 Å². The highest BCUT2D eigenvalue weighted by Gasteiger charge is 2.09. The molecular weight excluding hydrogens is 336 g/mol. The molecule has 6 heteroatoms. The van der Waals surface area contributed by atoms with Gasteiger partial charge in [0.2, 0.25) is 5.13 Å². The maximum Gasteiger partial charge on any atom is 0.211 e. The van der Waals surface area contributed by atoms with Gasteiger partial charge < -0.3 is 5.73 Å². The highest BCUT2D eigenvalue weighted by atomic mass is 32.1. The molecule has 4 aromatic rings. The second-order valence-corrected chi connectivity index (χ2v) is 7.23.